The predicted molar refractivity (Wildman–Crippen MR) is 40.6 cm³/mol. The van der Waals surface area contributed by atoms with Gasteiger partial charge in [0.15, 0.2) is 0 Å². The van der Waals surface area contributed by atoms with Crippen molar-refractivity contribution in [3.05, 3.63) is 29.6 Å². The lowest BCUT2D eigenvalue weighted by molar-refractivity contribution is 0.0952. The molecule has 0 saturated heterocycles. The summed E-state index contributed by atoms with van der Waals surface area (Å²) < 4.78 is 0. The summed E-state index contributed by atoms with van der Waals surface area (Å²) in [6, 6.07) is 3.36. The van der Waals surface area contributed by atoms with E-state index < -0.39 is 0 Å². The van der Waals surface area contributed by atoms with Crippen molar-refractivity contribution in [2.45, 2.75) is 6.92 Å². The molecule has 0 atom stereocenters. The van der Waals surface area contributed by atoms with Crippen molar-refractivity contribution in [2.24, 2.45) is 5.84 Å². The molecule has 1 amide bonds. The number of pyridine rings is 1. The molecule has 0 radical (unpaired) electrons. The van der Waals surface area contributed by atoms with Crippen LogP contribution in [0.15, 0.2) is 18.3 Å². The van der Waals surface area contributed by atoms with Gasteiger partial charge in [-0.15, -0.1) is 0 Å². The van der Waals surface area contributed by atoms with Crippen molar-refractivity contribution in [1.82, 2.24) is 10.4 Å². The highest BCUT2D eigenvalue weighted by molar-refractivity contribution is 5.94. The number of hydrazine groups is 1. The number of nitrogen functional groups attached to an aromatic ring is 1. The van der Waals surface area contributed by atoms with Gasteiger partial charge in [-0.05, 0) is 19.1 Å². The Morgan fingerprint density at radius 1 is 1.73 bits per heavy atom. The van der Waals surface area contributed by atoms with Gasteiger partial charge in [-0.2, -0.15) is 0 Å². The smallest absolute Gasteiger partial charge is 0.267 e. The second kappa shape index (κ2) is 3.12. The number of nitrogens with zero attached hydrogens (tertiary/aromatic N) is 1. The zero-order valence-electron chi connectivity index (χ0n) is 6.16. The highest BCUT2D eigenvalue weighted by Gasteiger charge is 2.05. The molecule has 1 aromatic heterocycles. The molecule has 0 aliphatic rings. The fraction of sp³-hybridized carbons (Fsp3) is 0.143. The molecule has 4 heteroatoms. The summed E-state index contributed by atoms with van der Waals surface area (Å²) in [6.45, 7) is 1.75. The maximum Gasteiger partial charge on any atom is 0.267 e. The average Bonchev–Trinajstić information content (AvgIpc) is 2.04. The van der Waals surface area contributed by atoms with Crippen molar-refractivity contribution < 1.29 is 4.79 Å². The molecule has 0 aromatic carbocycles. The third kappa shape index (κ3) is 1.53. The maximum atomic E-state index is 11.0. The number of nitrogens with two attached hydrogens (primary N) is 1. The summed E-state index contributed by atoms with van der Waals surface area (Å²) in [7, 11) is 0. The van der Waals surface area contributed by atoms with Crippen LogP contribution in [0.5, 0.6) is 0 Å². The van der Waals surface area contributed by atoms with Gasteiger partial charge in [0.2, 0.25) is 0 Å². The molecule has 0 aliphatic carbocycles. The molecule has 58 valence electrons. The fourth-order valence-electron chi connectivity index (χ4n) is 0.802. The molecule has 0 bridgehead atoms. The van der Waals surface area contributed by atoms with Crippen LogP contribution in [0, 0.1) is 6.92 Å². The number of carbonyl (C=O) groups excluding carboxylic acids is 1. The lowest BCUT2D eigenvalue weighted by Crippen LogP contribution is -2.30. The summed E-state index contributed by atoms with van der Waals surface area (Å²) in [5, 5.41) is 0. The number of hydrogen-bond donors (Lipinski definition) is 2. The van der Waals surface area contributed by atoms with Crippen molar-refractivity contribution >= 4 is 5.91 Å². The topological polar surface area (TPSA) is 68.0 Å². The van der Waals surface area contributed by atoms with Crippen molar-refractivity contribution in [3.63, 3.8) is 0 Å². The molecule has 3 N–H and O–H groups in total. The molecule has 1 heterocycles. The van der Waals surface area contributed by atoms with Crippen molar-refractivity contribution in [2.75, 3.05) is 0 Å². The number of aryl methyl sites for hydroxylation is 1. The van der Waals surface area contributed by atoms with E-state index in [1.54, 1.807) is 25.3 Å². The third-order valence-electron chi connectivity index (χ3n) is 1.38. The lowest BCUT2D eigenvalue weighted by Gasteiger charge is -2.00. The van der Waals surface area contributed by atoms with E-state index in [-0.39, 0.29) is 5.91 Å². The summed E-state index contributed by atoms with van der Waals surface area (Å²) in [6.07, 6.45) is 1.63. The molecule has 11 heavy (non-hydrogen) atoms. The third-order valence-corrected chi connectivity index (χ3v) is 1.38. The van der Waals surface area contributed by atoms with Crippen LogP contribution in [0.25, 0.3) is 0 Å². The number of rotatable bonds is 1. The van der Waals surface area contributed by atoms with Crippen LogP contribution in [0.4, 0.5) is 0 Å². The Kier molecular flexibility index (Phi) is 2.18. The zero-order valence-corrected chi connectivity index (χ0v) is 6.16. The first kappa shape index (κ1) is 7.68. The monoisotopic (exact) mass is 151 g/mol. The molecule has 1 rings (SSSR count). The van der Waals surface area contributed by atoms with Crippen LogP contribution in [-0.4, -0.2) is 10.9 Å². The first-order valence-corrected chi connectivity index (χ1v) is 3.18. The molecule has 1 aromatic rings. The Balaban J connectivity index is 3.03. The van der Waals surface area contributed by atoms with Crippen molar-refractivity contribution in [3.8, 4) is 0 Å². The maximum absolute atomic E-state index is 11.0. The van der Waals surface area contributed by atoms with E-state index in [2.05, 4.69) is 4.98 Å². The molecule has 0 unspecified atom stereocenters. The highest BCUT2D eigenvalue weighted by Crippen LogP contribution is 2.01. The van der Waals surface area contributed by atoms with E-state index in [0.29, 0.717) is 11.3 Å². The summed E-state index contributed by atoms with van der Waals surface area (Å²) >= 11 is 0. The van der Waals surface area contributed by atoms with Crippen LogP contribution >= 0.6 is 0 Å². The van der Waals surface area contributed by atoms with Gasteiger partial charge < -0.3 is 0 Å². The normalized spacial score (nSPS) is 9.27. The van der Waals surface area contributed by atoms with Gasteiger partial charge in [-0.1, -0.05) is 0 Å². The summed E-state index contributed by atoms with van der Waals surface area (Å²) in [4.78, 5) is 14.9. The largest absolute Gasteiger partial charge is 0.290 e. The van der Waals surface area contributed by atoms with E-state index in [1.807, 2.05) is 5.43 Å². The van der Waals surface area contributed by atoms with Gasteiger partial charge in [-0.25, -0.2) is 5.84 Å². The minimum Gasteiger partial charge on any atom is -0.290 e. The minimum atomic E-state index is -0.310. The predicted octanol–water partition coefficient (Wildman–Crippen LogP) is -0.00648. The first-order valence-electron chi connectivity index (χ1n) is 3.18. The molecule has 0 spiro atoms. The highest BCUT2D eigenvalue weighted by atomic mass is 16.2. The quantitative estimate of drug-likeness (QED) is 0.337. The van der Waals surface area contributed by atoms with Crippen molar-refractivity contribution in [1.29, 1.82) is 0 Å². The molecule has 0 saturated carbocycles. The number of carbonyl (C=O) groups is 1. The van der Waals surface area contributed by atoms with Crippen LogP contribution in [0.2, 0.25) is 0 Å². The summed E-state index contributed by atoms with van der Waals surface area (Å²) in [5.41, 5.74) is 3.23. The zero-order chi connectivity index (χ0) is 8.27. The van der Waals surface area contributed by atoms with E-state index in [9.17, 15) is 4.79 Å². The molecular weight excluding hydrogens is 142 g/mol. The van der Waals surface area contributed by atoms with Gasteiger partial charge in [0.05, 0.1) is 11.3 Å². The Labute approximate surface area is 64.4 Å². The van der Waals surface area contributed by atoms with Gasteiger partial charge in [0, 0.05) is 6.20 Å². The number of nitrogens with one attached hydrogen (secondary N) is 1. The Morgan fingerprint density at radius 2 is 2.45 bits per heavy atom. The van der Waals surface area contributed by atoms with E-state index in [1.165, 1.54) is 0 Å². The molecule has 4 nitrogen and oxygen atoms in total. The van der Waals surface area contributed by atoms with E-state index in [4.69, 9.17) is 5.84 Å². The van der Waals surface area contributed by atoms with Gasteiger partial charge in [-0.3, -0.25) is 15.2 Å². The van der Waals surface area contributed by atoms with Crippen LogP contribution in [-0.2, 0) is 0 Å². The Hall–Kier alpha value is -1.42. The second-order valence-electron chi connectivity index (χ2n) is 2.11. The number of hydrogen-bond acceptors (Lipinski definition) is 3. The Morgan fingerprint density at radius 3 is 3.00 bits per heavy atom. The summed E-state index contributed by atoms with van der Waals surface area (Å²) in [5.74, 6) is 4.64. The number of amides is 1. The Bertz CT molecular complexity index is 272. The van der Waals surface area contributed by atoms with Gasteiger partial charge >= 0.3 is 0 Å². The minimum absolute atomic E-state index is 0.310. The van der Waals surface area contributed by atoms with Gasteiger partial charge in [0.25, 0.3) is 5.91 Å². The van der Waals surface area contributed by atoms with E-state index in [0.717, 1.165) is 0 Å². The standard InChI is InChI=1S/C7H9N3O/c1-5-6(7(11)10-8)3-2-4-9-5/h2-4H,8H2,1H3,(H,10,11). The second-order valence-corrected chi connectivity index (χ2v) is 2.11. The van der Waals surface area contributed by atoms with E-state index >= 15 is 0 Å². The van der Waals surface area contributed by atoms with Crippen LogP contribution in [0.1, 0.15) is 16.1 Å². The van der Waals surface area contributed by atoms with Gasteiger partial charge in [0.1, 0.15) is 0 Å². The average molecular weight is 151 g/mol. The SMILES string of the molecule is Cc1ncccc1C(=O)NN. The molecular formula is C7H9N3O. The van der Waals surface area contributed by atoms with Crippen LogP contribution < -0.4 is 11.3 Å². The first-order chi connectivity index (χ1) is 5.25. The molecule has 0 fully saturated rings. The fourth-order valence-corrected chi connectivity index (χ4v) is 0.802. The lowest BCUT2D eigenvalue weighted by atomic mass is 10.2. The van der Waals surface area contributed by atoms with Crippen LogP contribution in [0.3, 0.4) is 0 Å². The number of aromatic nitrogens is 1. The molecule has 0 aliphatic heterocycles.